The second kappa shape index (κ2) is 10.00. The van der Waals surface area contributed by atoms with Crippen LogP contribution in [0, 0.1) is 0 Å². The number of rotatable bonds is 0. The average Bonchev–Trinajstić information content (AvgIpc) is 1.72. The van der Waals surface area contributed by atoms with Gasteiger partial charge in [0, 0.05) is 0 Å². The quantitative estimate of drug-likeness (QED) is 0.386. The third-order valence-corrected chi connectivity index (χ3v) is 0.400. The monoisotopic (exact) mass is 135 g/mol. The molecule has 0 fully saturated rings. The zero-order valence-electron chi connectivity index (χ0n) is 4.57. The fourth-order valence-electron chi connectivity index (χ4n) is 0.205. The predicted molar refractivity (Wildman–Crippen MR) is 30.7 cm³/mol. The fourth-order valence-corrected chi connectivity index (χ4v) is 0.205. The number of nitrogens with zero attached hydrogens (tertiary/aromatic N) is 3. The highest BCUT2D eigenvalue weighted by atomic mass is 16.0. The van der Waals surface area contributed by atoms with Crippen LogP contribution in [0.15, 0.2) is 19.0 Å². The molecule has 0 radical (unpaired) electrons. The molecule has 1 aromatic heterocycles. The lowest BCUT2D eigenvalue weighted by Crippen LogP contribution is -1.73. The molecule has 54 valence electrons. The van der Waals surface area contributed by atoms with Crippen molar-refractivity contribution in [1.82, 2.24) is 15.0 Å². The Kier molecular flexibility index (Phi) is 17.4. The van der Waals surface area contributed by atoms with E-state index in [4.69, 9.17) is 0 Å². The maximum atomic E-state index is 3.56. The summed E-state index contributed by atoms with van der Waals surface area (Å²) in [7, 11) is 0. The minimum absolute atomic E-state index is 0. The third kappa shape index (κ3) is 6.89. The van der Waals surface area contributed by atoms with Crippen molar-refractivity contribution < 1.29 is 16.4 Å². The molecule has 1 heterocycles. The lowest BCUT2D eigenvalue weighted by atomic mass is 11.1. The number of hydrogen-bond donors (Lipinski definition) is 0. The molecule has 0 amide bonds. The van der Waals surface area contributed by atoms with Crippen molar-refractivity contribution in [2.45, 2.75) is 0 Å². The molecule has 0 atom stereocenters. The van der Waals surface area contributed by atoms with E-state index in [2.05, 4.69) is 15.0 Å². The minimum atomic E-state index is 0. The summed E-state index contributed by atoms with van der Waals surface area (Å²) in [4.78, 5) is 10.7. The van der Waals surface area contributed by atoms with E-state index >= 15 is 0 Å². The van der Waals surface area contributed by atoms with Crippen LogP contribution in [-0.2, 0) is 0 Å². The van der Waals surface area contributed by atoms with Crippen LogP contribution in [0.4, 0.5) is 0 Å². The highest BCUT2D eigenvalue weighted by Crippen LogP contribution is 1.57. The van der Waals surface area contributed by atoms with Crippen LogP contribution in [0.3, 0.4) is 0 Å². The van der Waals surface area contributed by atoms with Crippen LogP contribution in [0.25, 0.3) is 0 Å². The first kappa shape index (κ1) is 15.7. The van der Waals surface area contributed by atoms with Crippen molar-refractivity contribution in [2.75, 3.05) is 0 Å². The molecule has 1 rings (SSSR count). The summed E-state index contributed by atoms with van der Waals surface area (Å²) in [5, 5.41) is 0. The highest BCUT2D eigenvalue weighted by Gasteiger charge is 1.59. The molecule has 9 heavy (non-hydrogen) atoms. The standard InChI is InChI=1S/C3H3N3.3H2O/c1-4-2-6-3-5-1;;;/h1-3H;3*1H2. The molecule has 1 aromatic rings. The molecular formula is C3H9N3O3. The Balaban J connectivity index is -0.000000120. The van der Waals surface area contributed by atoms with E-state index in [1.54, 1.807) is 0 Å². The van der Waals surface area contributed by atoms with Crippen LogP contribution in [0.1, 0.15) is 0 Å². The van der Waals surface area contributed by atoms with Gasteiger partial charge in [-0.1, -0.05) is 0 Å². The second-order valence-corrected chi connectivity index (χ2v) is 0.794. The van der Waals surface area contributed by atoms with Crippen LogP contribution >= 0.6 is 0 Å². The van der Waals surface area contributed by atoms with E-state index < -0.39 is 0 Å². The lowest BCUT2D eigenvalue weighted by molar-refractivity contribution is 0.823. The Morgan fingerprint density at radius 3 is 0.889 bits per heavy atom. The Hall–Kier alpha value is -1.11. The van der Waals surface area contributed by atoms with Gasteiger partial charge in [-0.15, -0.1) is 0 Å². The van der Waals surface area contributed by atoms with Gasteiger partial charge in [0.2, 0.25) is 0 Å². The topological polar surface area (TPSA) is 133 Å². The van der Waals surface area contributed by atoms with Crippen LogP contribution in [-0.4, -0.2) is 31.4 Å². The summed E-state index contributed by atoms with van der Waals surface area (Å²) in [5.41, 5.74) is 0. The van der Waals surface area contributed by atoms with E-state index in [1.807, 2.05) is 0 Å². The Labute approximate surface area is 51.5 Å². The van der Waals surface area contributed by atoms with Crippen molar-refractivity contribution in [3.05, 3.63) is 19.0 Å². The molecule has 0 aliphatic rings. The van der Waals surface area contributed by atoms with Crippen molar-refractivity contribution >= 4 is 0 Å². The Morgan fingerprint density at radius 2 is 0.778 bits per heavy atom. The van der Waals surface area contributed by atoms with Gasteiger partial charge in [0.05, 0.1) is 0 Å². The summed E-state index contributed by atoms with van der Waals surface area (Å²) in [5.74, 6) is 0. The van der Waals surface area contributed by atoms with Gasteiger partial charge in [0.1, 0.15) is 19.0 Å². The Morgan fingerprint density at radius 1 is 0.556 bits per heavy atom. The fraction of sp³-hybridized carbons (Fsp3) is 0. The van der Waals surface area contributed by atoms with Crippen molar-refractivity contribution in [2.24, 2.45) is 0 Å². The normalized spacial score (nSPS) is 5.33. The number of hydrogen-bond acceptors (Lipinski definition) is 3. The van der Waals surface area contributed by atoms with Crippen molar-refractivity contribution in [3.8, 4) is 0 Å². The molecule has 0 unspecified atom stereocenters. The highest BCUT2D eigenvalue weighted by molar-refractivity contribution is 4.51. The van der Waals surface area contributed by atoms with Crippen molar-refractivity contribution in [1.29, 1.82) is 0 Å². The largest absolute Gasteiger partial charge is 0.412 e. The van der Waals surface area contributed by atoms with E-state index in [1.165, 1.54) is 19.0 Å². The summed E-state index contributed by atoms with van der Waals surface area (Å²) < 4.78 is 0. The van der Waals surface area contributed by atoms with Gasteiger partial charge < -0.3 is 16.4 Å². The SMILES string of the molecule is O.O.O.c1ncncn1. The predicted octanol–water partition coefficient (Wildman–Crippen LogP) is -2.60. The van der Waals surface area contributed by atoms with E-state index in [-0.39, 0.29) is 16.4 Å². The first-order valence-electron chi connectivity index (χ1n) is 1.55. The van der Waals surface area contributed by atoms with E-state index in [9.17, 15) is 0 Å². The van der Waals surface area contributed by atoms with Gasteiger partial charge >= 0.3 is 0 Å². The van der Waals surface area contributed by atoms with Gasteiger partial charge in [0.25, 0.3) is 0 Å². The van der Waals surface area contributed by atoms with Gasteiger partial charge in [-0.25, -0.2) is 15.0 Å². The van der Waals surface area contributed by atoms with Gasteiger partial charge in [0.15, 0.2) is 0 Å². The van der Waals surface area contributed by atoms with Crippen LogP contribution < -0.4 is 0 Å². The first-order valence-corrected chi connectivity index (χ1v) is 1.55. The van der Waals surface area contributed by atoms with E-state index in [0.29, 0.717) is 0 Å². The smallest absolute Gasteiger partial charge is 0.119 e. The van der Waals surface area contributed by atoms with Gasteiger partial charge in [-0.2, -0.15) is 0 Å². The summed E-state index contributed by atoms with van der Waals surface area (Å²) >= 11 is 0. The first-order chi connectivity index (χ1) is 3.00. The molecule has 0 aromatic carbocycles. The maximum Gasteiger partial charge on any atom is 0.119 e. The van der Waals surface area contributed by atoms with Gasteiger partial charge in [-0.3, -0.25) is 0 Å². The summed E-state index contributed by atoms with van der Waals surface area (Å²) in [6.45, 7) is 0. The third-order valence-electron chi connectivity index (χ3n) is 0.400. The lowest BCUT2D eigenvalue weighted by Gasteiger charge is -1.69. The molecule has 0 bridgehead atoms. The molecule has 6 heteroatoms. The zero-order valence-corrected chi connectivity index (χ0v) is 4.57. The maximum absolute atomic E-state index is 3.56. The number of aromatic nitrogens is 3. The van der Waals surface area contributed by atoms with Crippen LogP contribution in [0.5, 0.6) is 0 Å². The van der Waals surface area contributed by atoms with Crippen LogP contribution in [0.2, 0.25) is 0 Å². The second-order valence-electron chi connectivity index (χ2n) is 0.794. The van der Waals surface area contributed by atoms with Crippen molar-refractivity contribution in [3.63, 3.8) is 0 Å². The van der Waals surface area contributed by atoms with Gasteiger partial charge in [-0.05, 0) is 0 Å². The molecule has 6 N–H and O–H groups in total. The minimum Gasteiger partial charge on any atom is -0.412 e. The molecule has 0 saturated carbocycles. The summed E-state index contributed by atoms with van der Waals surface area (Å²) in [6, 6.07) is 0. The molecule has 6 nitrogen and oxygen atoms in total. The Bertz CT molecular complexity index is 86.2. The molecule has 0 aliphatic carbocycles. The van der Waals surface area contributed by atoms with E-state index in [0.717, 1.165) is 0 Å². The molecule has 0 aliphatic heterocycles. The molecular weight excluding hydrogens is 126 g/mol. The molecule has 0 spiro atoms. The zero-order chi connectivity index (χ0) is 4.24. The molecule has 0 saturated heterocycles. The average molecular weight is 135 g/mol. The summed E-state index contributed by atoms with van der Waals surface area (Å²) in [6.07, 6.45) is 4.31.